The molecule has 6 heteroatoms. The normalized spacial score (nSPS) is 16.6. The summed E-state index contributed by atoms with van der Waals surface area (Å²) in [4.78, 5) is 19.6. The molecule has 1 fully saturated rings. The number of benzene rings is 2. The van der Waals surface area contributed by atoms with Gasteiger partial charge in [0.1, 0.15) is 0 Å². The van der Waals surface area contributed by atoms with Gasteiger partial charge < -0.3 is 14.2 Å². The molecular formula is C28H28ClN3O2. The second-order valence-electron chi connectivity index (χ2n) is 9.13. The van der Waals surface area contributed by atoms with Crippen molar-refractivity contribution in [3.05, 3.63) is 77.7 Å². The van der Waals surface area contributed by atoms with Crippen LogP contribution in [-0.4, -0.2) is 47.7 Å². The number of carbonyl (C=O) groups is 1. The van der Waals surface area contributed by atoms with Gasteiger partial charge in [-0.05, 0) is 68.2 Å². The number of methoxy groups -OCH3 is 1. The van der Waals surface area contributed by atoms with E-state index in [0.29, 0.717) is 16.5 Å². The number of nitrogens with zero attached hydrogens (tertiary/aromatic N) is 3. The van der Waals surface area contributed by atoms with Gasteiger partial charge in [0.05, 0.1) is 12.7 Å². The second-order valence-corrected chi connectivity index (χ2v) is 9.56. The van der Waals surface area contributed by atoms with Gasteiger partial charge in [-0.15, -0.1) is 0 Å². The number of ether oxygens (including phenoxy) is 1. The first-order valence-corrected chi connectivity index (χ1v) is 12.0. The lowest BCUT2D eigenvalue weighted by atomic mass is 9.98. The fourth-order valence-electron chi connectivity index (χ4n) is 5.09. The van der Waals surface area contributed by atoms with Crippen LogP contribution in [-0.2, 0) is 11.3 Å². The Balaban J connectivity index is 1.63. The molecule has 0 amide bonds. The van der Waals surface area contributed by atoms with Crippen LogP contribution < -0.4 is 0 Å². The first-order chi connectivity index (χ1) is 16.5. The quantitative estimate of drug-likeness (QED) is 0.326. The van der Waals surface area contributed by atoms with Gasteiger partial charge in [0.25, 0.3) is 0 Å². The van der Waals surface area contributed by atoms with Crippen molar-refractivity contribution in [3.8, 4) is 22.3 Å². The summed E-state index contributed by atoms with van der Waals surface area (Å²) < 4.78 is 7.43. The third-order valence-electron chi connectivity index (χ3n) is 6.72. The minimum absolute atomic E-state index is 0.330. The molecule has 0 bridgehead atoms. The number of esters is 1. The molecule has 34 heavy (non-hydrogen) atoms. The Labute approximate surface area is 204 Å². The summed E-state index contributed by atoms with van der Waals surface area (Å²) in [6, 6.07) is 15.7. The topological polar surface area (TPSA) is 47.4 Å². The van der Waals surface area contributed by atoms with Gasteiger partial charge in [-0.1, -0.05) is 29.8 Å². The third-order valence-corrected chi connectivity index (χ3v) is 6.97. The van der Waals surface area contributed by atoms with Gasteiger partial charge in [-0.3, -0.25) is 4.98 Å². The first-order valence-electron chi connectivity index (χ1n) is 11.6. The molecule has 0 radical (unpaired) electrons. The van der Waals surface area contributed by atoms with Crippen molar-refractivity contribution in [3.63, 3.8) is 0 Å². The lowest BCUT2D eigenvalue weighted by Crippen LogP contribution is -2.33. The highest BCUT2D eigenvalue weighted by molar-refractivity contribution is 6.30. The van der Waals surface area contributed by atoms with Crippen LogP contribution in [0.15, 0.2) is 67.1 Å². The molecule has 0 saturated carbocycles. The molecule has 1 saturated heterocycles. The average molecular weight is 474 g/mol. The Kier molecular flexibility index (Phi) is 6.40. The van der Waals surface area contributed by atoms with Crippen LogP contribution in [0, 0.1) is 5.92 Å². The summed E-state index contributed by atoms with van der Waals surface area (Å²) in [7, 11) is 3.62. The number of pyridine rings is 1. The van der Waals surface area contributed by atoms with E-state index in [0.717, 1.165) is 52.8 Å². The number of likely N-dealkylation sites (tertiary alicyclic amines) is 1. The number of aromatic nitrogens is 2. The minimum Gasteiger partial charge on any atom is -0.465 e. The van der Waals surface area contributed by atoms with Crippen LogP contribution in [0.2, 0.25) is 5.02 Å². The number of hydrogen-bond donors (Lipinski definition) is 0. The largest absolute Gasteiger partial charge is 0.465 e. The number of fused-ring (bicyclic) bond motifs is 1. The molecule has 5 rings (SSSR count). The van der Waals surface area contributed by atoms with E-state index in [2.05, 4.69) is 39.8 Å². The van der Waals surface area contributed by atoms with Gasteiger partial charge in [-0.25, -0.2) is 4.79 Å². The summed E-state index contributed by atoms with van der Waals surface area (Å²) in [5.41, 5.74) is 5.62. The Bertz CT molecular complexity index is 1330. The van der Waals surface area contributed by atoms with Crippen molar-refractivity contribution in [1.82, 2.24) is 14.5 Å². The molecule has 0 N–H and O–H groups in total. The number of halogens is 1. The molecule has 3 heterocycles. The van der Waals surface area contributed by atoms with Crippen LogP contribution in [0.3, 0.4) is 0 Å². The predicted octanol–water partition coefficient (Wildman–Crippen LogP) is 6.15. The predicted molar refractivity (Wildman–Crippen MR) is 137 cm³/mol. The summed E-state index contributed by atoms with van der Waals surface area (Å²) in [5.74, 6) is 0.242. The zero-order chi connectivity index (χ0) is 23.7. The Morgan fingerprint density at radius 3 is 2.68 bits per heavy atom. The number of rotatable bonds is 5. The van der Waals surface area contributed by atoms with E-state index >= 15 is 0 Å². The first kappa shape index (κ1) is 22.6. The van der Waals surface area contributed by atoms with E-state index in [1.54, 1.807) is 0 Å². The van der Waals surface area contributed by atoms with E-state index in [4.69, 9.17) is 16.3 Å². The maximum atomic E-state index is 12.7. The molecule has 4 aromatic rings. The van der Waals surface area contributed by atoms with E-state index in [9.17, 15) is 4.79 Å². The second kappa shape index (κ2) is 9.61. The van der Waals surface area contributed by atoms with Crippen LogP contribution in [0.5, 0.6) is 0 Å². The van der Waals surface area contributed by atoms with Gasteiger partial charge in [0, 0.05) is 64.3 Å². The van der Waals surface area contributed by atoms with Crippen LogP contribution in [0.25, 0.3) is 33.2 Å². The molecule has 0 spiro atoms. The molecule has 1 aliphatic heterocycles. The van der Waals surface area contributed by atoms with Crippen molar-refractivity contribution >= 4 is 28.5 Å². The highest BCUT2D eigenvalue weighted by atomic mass is 35.5. The molecular weight excluding hydrogens is 446 g/mol. The molecule has 1 atom stereocenters. The highest BCUT2D eigenvalue weighted by Gasteiger charge is 2.22. The molecule has 2 aromatic heterocycles. The van der Waals surface area contributed by atoms with Gasteiger partial charge in [0.2, 0.25) is 0 Å². The van der Waals surface area contributed by atoms with Crippen molar-refractivity contribution in [2.75, 3.05) is 27.2 Å². The van der Waals surface area contributed by atoms with Gasteiger partial charge in [-0.2, -0.15) is 0 Å². The monoisotopic (exact) mass is 473 g/mol. The molecule has 5 nitrogen and oxygen atoms in total. The summed E-state index contributed by atoms with van der Waals surface area (Å²) in [5, 5.41) is 1.61. The smallest absolute Gasteiger partial charge is 0.338 e. The lowest BCUT2D eigenvalue weighted by Gasteiger charge is -2.30. The lowest BCUT2D eigenvalue weighted by molar-refractivity contribution is 0.0603. The van der Waals surface area contributed by atoms with Crippen molar-refractivity contribution in [2.24, 2.45) is 5.92 Å². The minimum atomic E-state index is -0.330. The highest BCUT2D eigenvalue weighted by Crippen LogP contribution is 2.36. The summed E-state index contributed by atoms with van der Waals surface area (Å²) in [6.07, 6.45) is 8.32. The summed E-state index contributed by atoms with van der Waals surface area (Å²) >= 11 is 6.08. The molecule has 1 unspecified atom stereocenters. The van der Waals surface area contributed by atoms with Crippen LogP contribution in [0.4, 0.5) is 0 Å². The molecule has 2 aromatic carbocycles. The van der Waals surface area contributed by atoms with E-state index < -0.39 is 0 Å². The fourth-order valence-corrected chi connectivity index (χ4v) is 5.22. The zero-order valence-electron chi connectivity index (χ0n) is 19.5. The standard InChI is InChI=1S/C28H28ClN3O2/c1-31-12-4-5-19(16-31)17-32-18-25(27-24(28(33)34-2)6-3-7-26(27)32)22-13-21(14-30-15-22)20-8-10-23(29)11-9-20/h3,6-11,13-15,18-19H,4-5,12,16-17H2,1-2H3. The van der Waals surface area contributed by atoms with E-state index in [1.165, 1.54) is 20.0 Å². The molecule has 1 aliphatic rings. The number of hydrogen-bond acceptors (Lipinski definition) is 4. The Morgan fingerprint density at radius 1 is 1.12 bits per heavy atom. The Morgan fingerprint density at radius 2 is 1.91 bits per heavy atom. The van der Waals surface area contributed by atoms with Crippen LogP contribution in [0.1, 0.15) is 23.2 Å². The van der Waals surface area contributed by atoms with E-state index in [-0.39, 0.29) is 5.97 Å². The van der Waals surface area contributed by atoms with Crippen molar-refractivity contribution in [1.29, 1.82) is 0 Å². The molecule has 174 valence electrons. The number of carbonyl (C=O) groups excluding carboxylic acids is 1. The van der Waals surface area contributed by atoms with Crippen LogP contribution >= 0.6 is 11.6 Å². The van der Waals surface area contributed by atoms with Crippen molar-refractivity contribution < 1.29 is 9.53 Å². The van der Waals surface area contributed by atoms with Crippen molar-refractivity contribution in [2.45, 2.75) is 19.4 Å². The Hall–Kier alpha value is -3.15. The fraction of sp³-hybridized carbons (Fsp3) is 0.286. The third kappa shape index (κ3) is 4.46. The maximum Gasteiger partial charge on any atom is 0.338 e. The maximum absolute atomic E-state index is 12.7. The average Bonchev–Trinajstić information content (AvgIpc) is 3.22. The number of piperidine rings is 1. The van der Waals surface area contributed by atoms with E-state index in [1.807, 2.05) is 48.8 Å². The van der Waals surface area contributed by atoms with Gasteiger partial charge >= 0.3 is 5.97 Å². The zero-order valence-corrected chi connectivity index (χ0v) is 20.3. The SMILES string of the molecule is COC(=O)c1cccc2c1c(-c1cncc(-c3ccc(Cl)cc3)c1)cn2CC1CCCN(C)C1. The molecule has 0 aliphatic carbocycles. The summed E-state index contributed by atoms with van der Waals surface area (Å²) in [6.45, 7) is 3.15. The van der Waals surface area contributed by atoms with Gasteiger partial charge in [0.15, 0.2) is 0 Å².